The first-order valence-electron chi connectivity index (χ1n) is 7.79. The van der Waals surface area contributed by atoms with E-state index >= 15 is 0 Å². The summed E-state index contributed by atoms with van der Waals surface area (Å²) in [5, 5.41) is 4.04. The highest BCUT2D eigenvalue weighted by molar-refractivity contribution is 5.09. The van der Waals surface area contributed by atoms with E-state index in [2.05, 4.69) is 31.9 Å². The summed E-state index contributed by atoms with van der Waals surface area (Å²) in [7, 11) is 1.68. The van der Waals surface area contributed by atoms with Gasteiger partial charge in [-0.15, -0.1) is 0 Å². The average Bonchev–Trinajstić information content (AvgIpc) is 3.15. The van der Waals surface area contributed by atoms with Crippen molar-refractivity contribution in [2.75, 3.05) is 26.8 Å². The number of likely N-dealkylation sites (tertiary alicyclic amines) is 1. The Balaban J connectivity index is 1.60. The van der Waals surface area contributed by atoms with Crippen molar-refractivity contribution in [3.05, 3.63) is 29.4 Å². The Bertz CT molecular complexity index is 594. The quantitative estimate of drug-likeness (QED) is 0.874. The van der Waals surface area contributed by atoms with Gasteiger partial charge in [0.25, 0.3) is 0 Å². The second kappa shape index (κ2) is 7.02. The van der Waals surface area contributed by atoms with Crippen LogP contribution in [0.3, 0.4) is 0 Å². The fraction of sp³-hybridized carbons (Fsp3) is 0.667. The molecule has 1 aliphatic heterocycles. The summed E-state index contributed by atoms with van der Waals surface area (Å²) in [5.41, 5.74) is 2.26. The number of nitrogens with zero attached hydrogens (tertiary/aromatic N) is 4. The van der Waals surface area contributed by atoms with Crippen LogP contribution in [0.15, 0.2) is 10.9 Å². The molecule has 3 rings (SSSR count). The van der Waals surface area contributed by atoms with Crippen molar-refractivity contribution in [2.45, 2.75) is 38.6 Å². The average molecular weight is 305 g/mol. The van der Waals surface area contributed by atoms with Crippen molar-refractivity contribution in [3.8, 4) is 0 Å². The largest absolute Gasteiger partial charge is 0.384 e. The van der Waals surface area contributed by atoms with Crippen LogP contribution in [0.5, 0.6) is 0 Å². The first-order chi connectivity index (χ1) is 10.8. The fourth-order valence-electron chi connectivity index (χ4n) is 2.89. The van der Waals surface area contributed by atoms with E-state index < -0.39 is 0 Å². The Labute approximate surface area is 130 Å². The van der Waals surface area contributed by atoms with Gasteiger partial charge in [0.15, 0.2) is 5.82 Å². The smallest absolute Gasteiger partial charge is 0.231 e. The van der Waals surface area contributed by atoms with Gasteiger partial charge >= 0.3 is 0 Å². The lowest BCUT2D eigenvalue weighted by molar-refractivity contribution is 0.178. The summed E-state index contributed by atoms with van der Waals surface area (Å²) in [4.78, 5) is 14.4. The number of hydrogen-bond donors (Lipinski definition) is 1. The maximum Gasteiger partial charge on any atom is 0.231 e. The van der Waals surface area contributed by atoms with Crippen LogP contribution in [-0.4, -0.2) is 51.8 Å². The number of aryl methyl sites for hydroxylation is 1. The second-order valence-corrected chi connectivity index (χ2v) is 5.84. The molecule has 7 nitrogen and oxygen atoms in total. The van der Waals surface area contributed by atoms with Crippen LogP contribution in [0.1, 0.15) is 41.9 Å². The molecule has 0 aliphatic carbocycles. The molecule has 0 bridgehead atoms. The van der Waals surface area contributed by atoms with Crippen LogP contribution in [-0.2, 0) is 17.7 Å². The maximum absolute atomic E-state index is 5.44. The molecule has 0 unspecified atom stereocenters. The third-order valence-corrected chi connectivity index (χ3v) is 4.18. The standard InChI is InChI=1S/C15H23N5O2/c1-11-13(17-10-16-11)9-20-6-3-4-12(8-20)15-18-14(19-22-15)5-7-21-2/h10,12H,3-9H2,1-2H3,(H,16,17)/t12-/m0/s1. The van der Waals surface area contributed by atoms with Gasteiger partial charge in [-0.25, -0.2) is 4.98 Å². The van der Waals surface area contributed by atoms with Crippen LogP contribution in [0.2, 0.25) is 0 Å². The van der Waals surface area contributed by atoms with E-state index in [9.17, 15) is 0 Å². The number of H-pyrrole nitrogens is 1. The number of imidazole rings is 1. The molecule has 0 radical (unpaired) electrons. The van der Waals surface area contributed by atoms with Gasteiger partial charge in [0, 0.05) is 32.3 Å². The van der Waals surface area contributed by atoms with Crippen molar-refractivity contribution in [2.24, 2.45) is 0 Å². The summed E-state index contributed by atoms with van der Waals surface area (Å²) < 4.78 is 10.5. The number of piperidine rings is 1. The molecule has 1 saturated heterocycles. The van der Waals surface area contributed by atoms with Gasteiger partial charge in [-0.2, -0.15) is 4.98 Å². The number of methoxy groups -OCH3 is 1. The lowest BCUT2D eigenvalue weighted by atomic mass is 9.98. The molecular weight excluding hydrogens is 282 g/mol. The second-order valence-electron chi connectivity index (χ2n) is 5.84. The topological polar surface area (TPSA) is 80.1 Å². The minimum Gasteiger partial charge on any atom is -0.384 e. The summed E-state index contributed by atoms with van der Waals surface area (Å²) in [5.74, 6) is 1.81. The minimum absolute atomic E-state index is 0.316. The molecule has 0 amide bonds. The van der Waals surface area contributed by atoms with E-state index in [4.69, 9.17) is 9.26 Å². The normalized spacial score (nSPS) is 19.6. The van der Waals surface area contributed by atoms with Gasteiger partial charge in [0.05, 0.1) is 24.5 Å². The lowest BCUT2D eigenvalue weighted by Gasteiger charge is -2.30. The van der Waals surface area contributed by atoms with Gasteiger partial charge in [-0.05, 0) is 26.3 Å². The molecule has 1 N–H and O–H groups in total. The molecule has 2 aromatic heterocycles. The molecule has 0 spiro atoms. The number of aromatic amines is 1. The van der Waals surface area contributed by atoms with Gasteiger partial charge in [-0.3, -0.25) is 4.90 Å². The first-order valence-corrected chi connectivity index (χ1v) is 7.79. The third-order valence-electron chi connectivity index (χ3n) is 4.18. The summed E-state index contributed by atoms with van der Waals surface area (Å²) in [6, 6.07) is 0. The van der Waals surface area contributed by atoms with Crippen molar-refractivity contribution >= 4 is 0 Å². The Morgan fingerprint density at radius 3 is 3.18 bits per heavy atom. The highest BCUT2D eigenvalue weighted by Crippen LogP contribution is 2.26. The van der Waals surface area contributed by atoms with E-state index in [1.165, 1.54) is 0 Å². The maximum atomic E-state index is 5.44. The Kier molecular flexibility index (Phi) is 4.84. The van der Waals surface area contributed by atoms with Crippen molar-refractivity contribution < 1.29 is 9.26 Å². The van der Waals surface area contributed by atoms with Crippen LogP contribution in [0.25, 0.3) is 0 Å². The molecule has 0 aromatic carbocycles. The van der Waals surface area contributed by atoms with Gasteiger partial charge in [0.1, 0.15) is 0 Å². The molecule has 1 aliphatic rings. The lowest BCUT2D eigenvalue weighted by Crippen LogP contribution is -2.34. The molecule has 0 saturated carbocycles. The van der Waals surface area contributed by atoms with Crippen LogP contribution in [0.4, 0.5) is 0 Å². The van der Waals surface area contributed by atoms with E-state index in [0.717, 1.165) is 55.6 Å². The SMILES string of the molecule is COCCc1noc([C@H]2CCCN(Cc3nc[nH]c3C)C2)n1. The van der Waals surface area contributed by atoms with Gasteiger partial charge in [0.2, 0.25) is 5.89 Å². The fourth-order valence-corrected chi connectivity index (χ4v) is 2.89. The van der Waals surface area contributed by atoms with Crippen LogP contribution < -0.4 is 0 Å². The van der Waals surface area contributed by atoms with Crippen molar-refractivity contribution in [1.29, 1.82) is 0 Å². The van der Waals surface area contributed by atoms with Crippen LogP contribution in [0, 0.1) is 6.92 Å². The van der Waals surface area contributed by atoms with E-state index in [0.29, 0.717) is 18.9 Å². The summed E-state index contributed by atoms with van der Waals surface area (Å²) in [6.45, 7) is 5.58. The minimum atomic E-state index is 0.316. The Morgan fingerprint density at radius 2 is 2.41 bits per heavy atom. The molecular formula is C15H23N5O2. The number of hydrogen-bond acceptors (Lipinski definition) is 6. The molecule has 120 valence electrons. The number of nitrogens with one attached hydrogen (secondary N) is 1. The highest BCUT2D eigenvalue weighted by atomic mass is 16.5. The van der Waals surface area contributed by atoms with Gasteiger partial charge < -0.3 is 14.2 Å². The zero-order valence-electron chi connectivity index (χ0n) is 13.2. The number of ether oxygens (including phenoxy) is 1. The Hall–Kier alpha value is -1.73. The molecule has 3 heterocycles. The molecule has 2 aromatic rings. The summed E-state index contributed by atoms with van der Waals surface area (Å²) in [6.07, 6.45) is 4.70. The summed E-state index contributed by atoms with van der Waals surface area (Å²) >= 11 is 0. The number of rotatable bonds is 6. The first kappa shape index (κ1) is 15.2. The van der Waals surface area contributed by atoms with E-state index in [1.54, 1.807) is 13.4 Å². The predicted molar refractivity (Wildman–Crippen MR) is 80.5 cm³/mol. The predicted octanol–water partition coefficient (Wildman–Crippen LogP) is 1.67. The van der Waals surface area contributed by atoms with Crippen LogP contribution >= 0.6 is 0 Å². The van der Waals surface area contributed by atoms with Gasteiger partial charge in [-0.1, -0.05) is 5.16 Å². The molecule has 7 heteroatoms. The van der Waals surface area contributed by atoms with E-state index in [1.807, 2.05) is 0 Å². The molecule has 22 heavy (non-hydrogen) atoms. The number of aromatic nitrogens is 4. The molecule has 1 fully saturated rings. The zero-order chi connectivity index (χ0) is 15.4. The Morgan fingerprint density at radius 1 is 1.50 bits per heavy atom. The third kappa shape index (κ3) is 3.53. The van der Waals surface area contributed by atoms with Crippen molar-refractivity contribution in [3.63, 3.8) is 0 Å². The highest BCUT2D eigenvalue weighted by Gasteiger charge is 2.26. The monoisotopic (exact) mass is 305 g/mol. The van der Waals surface area contributed by atoms with Crippen molar-refractivity contribution in [1.82, 2.24) is 25.0 Å². The zero-order valence-corrected chi connectivity index (χ0v) is 13.2. The molecule has 1 atom stereocenters. The van der Waals surface area contributed by atoms with E-state index in [-0.39, 0.29) is 0 Å².